The average molecular weight is 459 g/mol. The highest BCUT2D eigenvalue weighted by molar-refractivity contribution is 7.68. The van der Waals surface area contributed by atoms with Crippen LogP contribution in [-0.4, -0.2) is 35.8 Å². The van der Waals surface area contributed by atoms with E-state index in [9.17, 15) is 0 Å². The molecule has 0 amide bonds. The lowest BCUT2D eigenvalue weighted by molar-refractivity contribution is 0.252. The lowest BCUT2D eigenvalue weighted by Gasteiger charge is -2.33. The molecule has 0 aliphatic carbocycles. The smallest absolute Gasteiger partial charge is 0.127 e. The molecule has 2 aromatic rings. The first-order valence-corrected chi connectivity index (χ1v) is 14.8. The Morgan fingerprint density at radius 1 is 0.581 bits per heavy atom. The van der Waals surface area contributed by atoms with E-state index in [1.54, 1.807) is 0 Å². The molecule has 3 rings (SSSR count). The first-order valence-electron chi connectivity index (χ1n) is 11.8. The summed E-state index contributed by atoms with van der Waals surface area (Å²) < 4.78 is 12.8. The van der Waals surface area contributed by atoms with Gasteiger partial charge >= 0.3 is 0 Å². The van der Waals surface area contributed by atoms with Crippen LogP contribution in [0.3, 0.4) is 0 Å². The Balaban J connectivity index is 2.39. The summed E-state index contributed by atoms with van der Waals surface area (Å²) in [7, 11) is -0.666. The lowest BCUT2D eigenvalue weighted by Crippen LogP contribution is -2.22. The summed E-state index contributed by atoms with van der Waals surface area (Å²) in [5.74, 6) is 2.07. The minimum atomic E-state index is -0.333. The van der Waals surface area contributed by atoms with E-state index < -0.39 is 0 Å². The van der Waals surface area contributed by atoms with Crippen molar-refractivity contribution in [3.8, 4) is 22.6 Å². The molecule has 1 aliphatic heterocycles. The maximum atomic E-state index is 6.41. The van der Waals surface area contributed by atoms with Crippen molar-refractivity contribution in [1.82, 2.24) is 0 Å². The van der Waals surface area contributed by atoms with Crippen LogP contribution < -0.4 is 20.1 Å². The van der Waals surface area contributed by atoms with Crippen molar-refractivity contribution in [1.29, 1.82) is 0 Å². The minimum Gasteiger partial charge on any atom is -0.493 e. The van der Waals surface area contributed by atoms with Crippen molar-refractivity contribution in [3.05, 3.63) is 36.4 Å². The summed E-state index contributed by atoms with van der Waals surface area (Å²) in [6.07, 6.45) is 0.902. The van der Waals surface area contributed by atoms with Gasteiger partial charge in [-0.1, -0.05) is 95.5 Å². The molecule has 2 aromatic carbocycles. The van der Waals surface area contributed by atoms with Crippen LogP contribution in [-0.2, 0) is 0 Å². The summed E-state index contributed by atoms with van der Waals surface area (Å²) in [5.41, 5.74) is 5.06. The average Bonchev–Trinajstić information content (AvgIpc) is 2.76. The van der Waals surface area contributed by atoms with Crippen LogP contribution in [0.1, 0.15) is 61.8 Å². The largest absolute Gasteiger partial charge is 0.493 e. The Kier molecular flexibility index (Phi) is 8.45. The van der Waals surface area contributed by atoms with Gasteiger partial charge in [0.2, 0.25) is 0 Å². The van der Waals surface area contributed by atoms with Gasteiger partial charge in [-0.2, -0.15) is 0 Å². The number of benzene rings is 2. The number of hydrogen-bond acceptors (Lipinski definition) is 2. The minimum absolute atomic E-state index is 0.333. The molecule has 0 bridgehead atoms. The number of hydrogen-bond donors (Lipinski definition) is 0. The maximum absolute atomic E-state index is 6.41. The Bertz CT molecular complexity index is 786. The first kappa shape index (κ1) is 24.5. The molecule has 0 atom stereocenters. The third kappa shape index (κ3) is 5.29. The van der Waals surface area contributed by atoms with E-state index in [1.807, 2.05) is 0 Å². The number of fused-ring (bicyclic) bond motifs is 3. The van der Waals surface area contributed by atoms with E-state index in [0.717, 1.165) is 17.9 Å². The molecular formula is C27H40O2P2. The SMILES string of the molecule is CC(C)P(c1cccc2c1-c1c(cccc1P(C(C)C)C(C)C)OCCCO2)C(C)C. The third-order valence-corrected chi connectivity index (χ3v) is 12.2. The van der Waals surface area contributed by atoms with Gasteiger partial charge in [0, 0.05) is 17.5 Å². The topological polar surface area (TPSA) is 18.5 Å². The van der Waals surface area contributed by atoms with Crippen LogP contribution >= 0.6 is 15.8 Å². The Hall–Kier alpha value is -1.10. The molecule has 4 heteroatoms. The number of ether oxygens (including phenoxy) is 2. The molecule has 1 aliphatic rings. The second-order valence-corrected chi connectivity index (χ2v) is 16.3. The molecule has 0 fully saturated rings. The van der Waals surface area contributed by atoms with Crippen LogP contribution in [0.15, 0.2) is 36.4 Å². The van der Waals surface area contributed by atoms with E-state index in [1.165, 1.54) is 21.7 Å². The van der Waals surface area contributed by atoms with Crippen molar-refractivity contribution in [2.75, 3.05) is 13.2 Å². The number of rotatable bonds is 6. The highest BCUT2D eigenvalue weighted by Gasteiger charge is 2.31. The molecular weight excluding hydrogens is 418 g/mol. The van der Waals surface area contributed by atoms with Gasteiger partial charge in [-0.15, -0.1) is 0 Å². The van der Waals surface area contributed by atoms with Crippen LogP contribution in [0.25, 0.3) is 11.1 Å². The van der Waals surface area contributed by atoms with Crippen molar-refractivity contribution >= 4 is 26.5 Å². The normalized spacial score (nSPS) is 14.4. The first-order chi connectivity index (χ1) is 14.7. The highest BCUT2D eigenvalue weighted by Crippen LogP contribution is 2.53. The van der Waals surface area contributed by atoms with Gasteiger partial charge in [-0.3, -0.25) is 0 Å². The van der Waals surface area contributed by atoms with Crippen molar-refractivity contribution in [3.63, 3.8) is 0 Å². The summed E-state index contributed by atoms with van der Waals surface area (Å²) in [6.45, 7) is 20.4. The van der Waals surface area contributed by atoms with Gasteiger partial charge in [0.25, 0.3) is 0 Å². The summed E-state index contributed by atoms with van der Waals surface area (Å²) in [5, 5.41) is 2.94. The van der Waals surface area contributed by atoms with E-state index in [0.29, 0.717) is 35.8 Å². The predicted octanol–water partition coefficient (Wildman–Crippen LogP) is 7.36. The van der Waals surface area contributed by atoms with Crippen molar-refractivity contribution < 1.29 is 9.47 Å². The van der Waals surface area contributed by atoms with Crippen molar-refractivity contribution in [2.24, 2.45) is 0 Å². The zero-order valence-electron chi connectivity index (χ0n) is 20.6. The second-order valence-electron chi connectivity index (χ2n) is 9.54. The molecule has 0 spiro atoms. The fourth-order valence-corrected chi connectivity index (χ4v) is 11.0. The summed E-state index contributed by atoms with van der Waals surface area (Å²) in [6, 6.07) is 13.5. The van der Waals surface area contributed by atoms with Crippen molar-refractivity contribution in [2.45, 2.75) is 84.4 Å². The molecule has 2 nitrogen and oxygen atoms in total. The molecule has 0 N–H and O–H groups in total. The van der Waals surface area contributed by atoms with E-state index in [2.05, 4.69) is 91.8 Å². The van der Waals surface area contributed by atoms with Gasteiger partial charge in [0.05, 0.1) is 13.2 Å². The molecule has 31 heavy (non-hydrogen) atoms. The van der Waals surface area contributed by atoms with Crippen LogP contribution in [0, 0.1) is 0 Å². The second kappa shape index (κ2) is 10.7. The summed E-state index contributed by atoms with van der Waals surface area (Å²) in [4.78, 5) is 0. The van der Waals surface area contributed by atoms with Gasteiger partial charge < -0.3 is 9.47 Å². The zero-order chi connectivity index (χ0) is 22.7. The molecule has 1 heterocycles. The fourth-order valence-electron chi connectivity index (χ4n) is 4.94. The summed E-state index contributed by atoms with van der Waals surface area (Å²) >= 11 is 0. The molecule has 0 radical (unpaired) electrons. The Morgan fingerprint density at radius 2 is 0.935 bits per heavy atom. The maximum Gasteiger partial charge on any atom is 0.127 e. The molecule has 0 saturated carbocycles. The monoisotopic (exact) mass is 458 g/mol. The van der Waals surface area contributed by atoms with Crippen LogP contribution in [0.4, 0.5) is 0 Å². The van der Waals surface area contributed by atoms with Gasteiger partial charge in [0.15, 0.2) is 0 Å². The Labute approximate surface area is 192 Å². The molecule has 0 unspecified atom stereocenters. The van der Waals surface area contributed by atoms with Gasteiger partial charge in [0.1, 0.15) is 11.5 Å². The van der Waals surface area contributed by atoms with Crippen LogP contribution in [0.5, 0.6) is 11.5 Å². The van der Waals surface area contributed by atoms with E-state index in [4.69, 9.17) is 9.47 Å². The zero-order valence-corrected chi connectivity index (χ0v) is 22.4. The van der Waals surface area contributed by atoms with Gasteiger partial charge in [-0.05, 0) is 45.4 Å². The standard InChI is InChI=1S/C27H40O2P2/c1-18(2)30(19(3)4)24-14-9-12-22-26(24)27-23(29-17-11-16-28-22)13-10-15-25(27)31(20(5)6)21(7)8/h9-10,12-15,18-21H,11,16-17H2,1-8H3. The predicted molar refractivity (Wildman–Crippen MR) is 141 cm³/mol. The fraction of sp³-hybridized carbons (Fsp3) is 0.556. The molecule has 0 aromatic heterocycles. The Morgan fingerprint density at radius 3 is 1.26 bits per heavy atom. The third-order valence-electron chi connectivity index (χ3n) is 5.84. The molecule has 0 saturated heterocycles. The lowest BCUT2D eigenvalue weighted by atomic mass is 10.0. The van der Waals surface area contributed by atoms with E-state index in [-0.39, 0.29) is 15.8 Å². The highest BCUT2D eigenvalue weighted by atomic mass is 31.1. The quantitative estimate of drug-likeness (QED) is 0.421. The van der Waals surface area contributed by atoms with E-state index >= 15 is 0 Å². The van der Waals surface area contributed by atoms with Gasteiger partial charge in [-0.25, -0.2) is 0 Å². The van der Waals surface area contributed by atoms with Crippen LogP contribution in [0.2, 0.25) is 0 Å². The molecule has 170 valence electrons.